The van der Waals surface area contributed by atoms with E-state index < -0.39 is 0 Å². The molecule has 2 aromatic rings. The summed E-state index contributed by atoms with van der Waals surface area (Å²) in [7, 11) is 0. The molecule has 0 saturated carbocycles. The fourth-order valence-corrected chi connectivity index (χ4v) is 3.22. The third-order valence-corrected chi connectivity index (χ3v) is 5.87. The topological polar surface area (TPSA) is 0 Å². The van der Waals surface area contributed by atoms with Gasteiger partial charge in [0.05, 0.1) is 0 Å². The number of hydrogen-bond donors (Lipinski definition) is 0. The Morgan fingerprint density at radius 2 is 1.46 bits per heavy atom. The van der Waals surface area contributed by atoms with Gasteiger partial charge in [0, 0.05) is 0 Å². The molecule has 0 aliphatic carbocycles. The van der Waals surface area contributed by atoms with Crippen LogP contribution in [0.2, 0.25) is 0 Å². The number of benzene rings is 2. The summed E-state index contributed by atoms with van der Waals surface area (Å²) < 4.78 is 0. The number of hydrogen-bond acceptors (Lipinski definition) is 0. The maximum Gasteiger partial charge on any atom is -0.00227 e. The summed E-state index contributed by atoms with van der Waals surface area (Å²) in [5, 5.41) is 0. The molecule has 130 valence electrons. The van der Waals surface area contributed by atoms with Crippen molar-refractivity contribution in [1.29, 1.82) is 0 Å². The first kappa shape index (κ1) is 18.8. The molecule has 0 saturated heterocycles. The van der Waals surface area contributed by atoms with Crippen LogP contribution in [0.25, 0.3) is 0 Å². The molecule has 0 aliphatic rings. The van der Waals surface area contributed by atoms with Crippen LogP contribution in [0.15, 0.2) is 42.5 Å². The fraction of sp³-hybridized carbons (Fsp3) is 0.500. The van der Waals surface area contributed by atoms with Gasteiger partial charge in [0.25, 0.3) is 0 Å². The Kier molecular flexibility index (Phi) is 5.58. The zero-order valence-electron chi connectivity index (χ0n) is 16.7. The van der Waals surface area contributed by atoms with Crippen molar-refractivity contribution in [2.75, 3.05) is 0 Å². The maximum atomic E-state index is 2.48. The van der Waals surface area contributed by atoms with Crippen molar-refractivity contribution in [2.45, 2.75) is 78.6 Å². The summed E-state index contributed by atoms with van der Waals surface area (Å²) in [4.78, 5) is 0. The van der Waals surface area contributed by atoms with Gasteiger partial charge in [-0.15, -0.1) is 0 Å². The van der Waals surface area contributed by atoms with Crippen molar-refractivity contribution in [2.24, 2.45) is 0 Å². The van der Waals surface area contributed by atoms with E-state index in [1.54, 1.807) is 0 Å². The van der Waals surface area contributed by atoms with Crippen LogP contribution in [0, 0.1) is 6.92 Å². The molecule has 0 spiro atoms. The van der Waals surface area contributed by atoms with Crippen molar-refractivity contribution >= 4 is 0 Å². The Balaban J connectivity index is 2.51. The first-order valence-corrected chi connectivity index (χ1v) is 9.39. The van der Waals surface area contributed by atoms with E-state index in [0.29, 0.717) is 0 Å². The Morgan fingerprint density at radius 3 is 2.04 bits per heavy atom. The van der Waals surface area contributed by atoms with Gasteiger partial charge in [-0.05, 0) is 59.3 Å². The zero-order valence-corrected chi connectivity index (χ0v) is 16.7. The highest BCUT2D eigenvalue weighted by Gasteiger charge is 2.25. The predicted octanol–water partition coefficient (Wildman–Crippen LogP) is 6.96. The van der Waals surface area contributed by atoms with E-state index in [9.17, 15) is 0 Å². The normalized spacial score (nSPS) is 12.5. The molecule has 0 unspecified atom stereocenters. The number of aryl methyl sites for hydroxylation is 1. The van der Waals surface area contributed by atoms with Gasteiger partial charge < -0.3 is 0 Å². The molecule has 2 aromatic carbocycles. The molecule has 0 bridgehead atoms. The minimum atomic E-state index is 0.207. The van der Waals surface area contributed by atoms with Crippen LogP contribution < -0.4 is 0 Å². The lowest BCUT2D eigenvalue weighted by atomic mass is 9.74. The number of rotatable bonds is 6. The summed E-state index contributed by atoms with van der Waals surface area (Å²) in [5.74, 6) is 0. The third-order valence-electron chi connectivity index (χ3n) is 5.87. The van der Waals surface area contributed by atoms with Gasteiger partial charge in [-0.25, -0.2) is 0 Å². The lowest BCUT2D eigenvalue weighted by Crippen LogP contribution is -2.22. The third kappa shape index (κ3) is 4.09. The van der Waals surface area contributed by atoms with Gasteiger partial charge in [0.15, 0.2) is 0 Å². The van der Waals surface area contributed by atoms with Gasteiger partial charge in [0.1, 0.15) is 0 Å². The molecule has 24 heavy (non-hydrogen) atoms. The van der Waals surface area contributed by atoms with Crippen molar-refractivity contribution < 1.29 is 0 Å². The summed E-state index contributed by atoms with van der Waals surface area (Å²) in [6.07, 6.45) is 3.34. The molecular formula is C24H34. The standard InChI is InChI=1S/C24H34/c1-8-23(4,5)21-14-13-20(22(17-21)24(6,7)9-2)16-19-12-10-11-18(3)15-19/h10-15,17H,8-9,16H2,1-7H3. The van der Waals surface area contributed by atoms with E-state index in [1.165, 1.54) is 27.8 Å². The van der Waals surface area contributed by atoms with Crippen LogP contribution in [0.1, 0.15) is 82.2 Å². The predicted molar refractivity (Wildman–Crippen MR) is 107 cm³/mol. The van der Waals surface area contributed by atoms with E-state index >= 15 is 0 Å². The second-order valence-corrected chi connectivity index (χ2v) is 8.51. The molecule has 0 N–H and O–H groups in total. The van der Waals surface area contributed by atoms with Crippen LogP contribution in [0.4, 0.5) is 0 Å². The van der Waals surface area contributed by atoms with E-state index in [2.05, 4.69) is 90.9 Å². The molecule has 0 heteroatoms. The molecular weight excluding hydrogens is 288 g/mol. The SMILES string of the molecule is CCC(C)(C)c1ccc(Cc2cccc(C)c2)c(C(C)(C)CC)c1. The molecule has 0 nitrogen and oxygen atoms in total. The molecule has 0 aliphatic heterocycles. The molecule has 0 aromatic heterocycles. The largest absolute Gasteiger partial charge is 0.0646 e. The molecule has 0 heterocycles. The minimum absolute atomic E-state index is 0.207. The van der Waals surface area contributed by atoms with Gasteiger partial charge in [0.2, 0.25) is 0 Å². The first-order valence-electron chi connectivity index (χ1n) is 9.39. The van der Waals surface area contributed by atoms with Crippen LogP contribution >= 0.6 is 0 Å². The van der Waals surface area contributed by atoms with Crippen molar-refractivity contribution in [3.05, 3.63) is 70.3 Å². The highest BCUT2D eigenvalue weighted by Crippen LogP contribution is 2.35. The summed E-state index contributed by atoms with van der Waals surface area (Å²) >= 11 is 0. The fourth-order valence-electron chi connectivity index (χ4n) is 3.22. The lowest BCUT2D eigenvalue weighted by Gasteiger charge is -2.31. The van der Waals surface area contributed by atoms with Gasteiger partial charge >= 0.3 is 0 Å². The van der Waals surface area contributed by atoms with E-state index in [4.69, 9.17) is 0 Å². The van der Waals surface area contributed by atoms with E-state index in [0.717, 1.165) is 19.3 Å². The molecule has 2 rings (SSSR count). The molecule has 0 atom stereocenters. The monoisotopic (exact) mass is 322 g/mol. The Morgan fingerprint density at radius 1 is 0.792 bits per heavy atom. The zero-order chi connectivity index (χ0) is 18.0. The summed E-state index contributed by atoms with van der Waals surface area (Å²) in [6, 6.07) is 16.1. The summed E-state index contributed by atoms with van der Waals surface area (Å²) in [5.41, 5.74) is 7.65. The highest BCUT2D eigenvalue weighted by atomic mass is 14.3. The molecule has 0 fully saturated rings. The maximum absolute atomic E-state index is 2.48. The second kappa shape index (κ2) is 7.13. The van der Waals surface area contributed by atoms with E-state index in [-0.39, 0.29) is 10.8 Å². The van der Waals surface area contributed by atoms with Crippen molar-refractivity contribution in [1.82, 2.24) is 0 Å². The summed E-state index contributed by atoms with van der Waals surface area (Å²) in [6.45, 7) is 16.2. The average Bonchev–Trinajstić information content (AvgIpc) is 2.55. The Hall–Kier alpha value is -1.56. The minimum Gasteiger partial charge on any atom is -0.0646 e. The van der Waals surface area contributed by atoms with Crippen molar-refractivity contribution in [3.8, 4) is 0 Å². The van der Waals surface area contributed by atoms with Gasteiger partial charge in [-0.1, -0.05) is 89.6 Å². The van der Waals surface area contributed by atoms with Crippen LogP contribution in [-0.2, 0) is 17.3 Å². The average molecular weight is 323 g/mol. The molecule has 0 amide bonds. The first-order chi connectivity index (χ1) is 11.2. The van der Waals surface area contributed by atoms with Gasteiger partial charge in [-0.3, -0.25) is 0 Å². The van der Waals surface area contributed by atoms with Crippen LogP contribution in [0.3, 0.4) is 0 Å². The van der Waals surface area contributed by atoms with Gasteiger partial charge in [-0.2, -0.15) is 0 Å². The van der Waals surface area contributed by atoms with Crippen LogP contribution in [0.5, 0.6) is 0 Å². The smallest absolute Gasteiger partial charge is 0.00227 e. The molecule has 0 radical (unpaired) electrons. The quantitative estimate of drug-likeness (QED) is 0.539. The van der Waals surface area contributed by atoms with Crippen molar-refractivity contribution in [3.63, 3.8) is 0 Å². The Labute approximate surface area is 149 Å². The Bertz CT molecular complexity index is 689. The second-order valence-electron chi connectivity index (χ2n) is 8.51. The van der Waals surface area contributed by atoms with Crippen LogP contribution in [-0.4, -0.2) is 0 Å². The highest BCUT2D eigenvalue weighted by molar-refractivity contribution is 5.42. The lowest BCUT2D eigenvalue weighted by molar-refractivity contribution is 0.486. The van der Waals surface area contributed by atoms with E-state index in [1.807, 2.05) is 0 Å².